The Balaban J connectivity index is 1.72. The fourth-order valence-electron chi connectivity index (χ4n) is 2.61. The first kappa shape index (κ1) is 14.3. The summed E-state index contributed by atoms with van der Waals surface area (Å²) in [5, 5.41) is 0. The van der Waals surface area contributed by atoms with E-state index in [0.717, 1.165) is 5.56 Å². The number of halogens is 1. The summed E-state index contributed by atoms with van der Waals surface area (Å²) in [6, 6.07) is 14.5. The number of rotatable bonds is 5. The number of carbonyl (C=O) groups is 1. The number of hydrogen-bond donors (Lipinski definition) is 0. The molecule has 1 nitrogen and oxygen atoms in total. The molecule has 108 valence electrons. The third-order valence-corrected chi connectivity index (χ3v) is 5.05. The summed E-state index contributed by atoms with van der Waals surface area (Å²) in [6.45, 7) is 0. The smallest absolute Gasteiger partial charge is 0.173 e. The summed E-state index contributed by atoms with van der Waals surface area (Å²) in [5.41, 5.74) is 1.98. The lowest BCUT2D eigenvalue weighted by Gasteiger charge is -2.27. The topological polar surface area (TPSA) is 17.1 Å². The third-order valence-electron chi connectivity index (χ3n) is 4.00. The molecule has 2 aromatic carbocycles. The van der Waals surface area contributed by atoms with Crippen molar-refractivity contribution in [3.63, 3.8) is 0 Å². The van der Waals surface area contributed by atoms with Gasteiger partial charge in [0.25, 0.3) is 0 Å². The van der Waals surface area contributed by atoms with E-state index in [1.54, 1.807) is 18.2 Å². The van der Waals surface area contributed by atoms with Crippen LogP contribution < -0.4 is 0 Å². The Morgan fingerprint density at radius 2 is 1.81 bits per heavy atom. The first-order valence-corrected chi connectivity index (χ1v) is 8.23. The highest BCUT2D eigenvalue weighted by Crippen LogP contribution is 2.38. The van der Waals surface area contributed by atoms with Crippen LogP contribution in [0.4, 0.5) is 4.39 Å². The van der Waals surface area contributed by atoms with Crippen molar-refractivity contribution in [2.45, 2.75) is 30.1 Å². The summed E-state index contributed by atoms with van der Waals surface area (Å²) in [4.78, 5) is 13.0. The van der Waals surface area contributed by atoms with Crippen LogP contribution in [-0.4, -0.2) is 11.5 Å². The van der Waals surface area contributed by atoms with Gasteiger partial charge >= 0.3 is 0 Å². The number of benzene rings is 2. The average Bonchev–Trinajstić information content (AvgIpc) is 2.45. The first-order valence-electron chi connectivity index (χ1n) is 7.25. The zero-order valence-corrected chi connectivity index (χ0v) is 12.5. The first-order chi connectivity index (χ1) is 10.3. The lowest BCUT2D eigenvalue weighted by Crippen LogP contribution is -2.14. The standard InChI is InChI=1S/C18H17FOS/c19-16-10-3-4-11-18(16)21-12-17(20)15-9-2-1-8-14(15)13-6-5-7-13/h1-4,8-11,13H,5-7,12H2. The Kier molecular flexibility index (Phi) is 4.39. The Bertz CT molecular complexity index is 649. The maximum atomic E-state index is 13.6. The van der Waals surface area contributed by atoms with Gasteiger partial charge < -0.3 is 0 Å². The SMILES string of the molecule is O=C(CSc1ccccc1F)c1ccccc1C1CCC1. The van der Waals surface area contributed by atoms with Crippen LogP contribution in [0.1, 0.15) is 41.1 Å². The molecule has 0 bridgehead atoms. The molecule has 0 atom stereocenters. The van der Waals surface area contributed by atoms with Crippen molar-refractivity contribution in [3.8, 4) is 0 Å². The molecule has 0 amide bonds. The van der Waals surface area contributed by atoms with Crippen LogP contribution >= 0.6 is 11.8 Å². The van der Waals surface area contributed by atoms with E-state index in [4.69, 9.17) is 0 Å². The normalized spacial score (nSPS) is 14.7. The zero-order valence-electron chi connectivity index (χ0n) is 11.7. The van der Waals surface area contributed by atoms with E-state index in [-0.39, 0.29) is 17.4 Å². The molecule has 0 aromatic heterocycles. The molecule has 0 unspecified atom stereocenters. The monoisotopic (exact) mass is 300 g/mol. The molecule has 3 rings (SSSR count). The summed E-state index contributed by atoms with van der Waals surface area (Å²) in [7, 11) is 0. The second kappa shape index (κ2) is 6.44. The molecule has 0 heterocycles. The van der Waals surface area contributed by atoms with Gasteiger partial charge in [-0.25, -0.2) is 4.39 Å². The van der Waals surface area contributed by atoms with Crippen molar-refractivity contribution in [1.82, 2.24) is 0 Å². The third kappa shape index (κ3) is 3.18. The van der Waals surface area contributed by atoms with Crippen molar-refractivity contribution in [3.05, 3.63) is 65.5 Å². The van der Waals surface area contributed by atoms with E-state index in [2.05, 4.69) is 6.07 Å². The molecule has 0 aliphatic heterocycles. The predicted octanol–water partition coefficient (Wildman–Crippen LogP) is 5.07. The summed E-state index contributed by atoms with van der Waals surface area (Å²) in [5.74, 6) is 0.641. The molecule has 3 heteroatoms. The molecule has 1 aliphatic rings. The minimum absolute atomic E-state index is 0.0887. The van der Waals surface area contributed by atoms with Crippen molar-refractivity contribution >= 4 is 17.5 Å². The Hall–Kier alpha value is -1.61. The lowest BCUT2D eigenvalue weighted by atomic mass is 9.78. The highest BCUT2D eigenvalue weighted by molar-refractivity contribution is 8.00. The van der Waals surface area contributed by atoms with Gasteiger partial charge in [-0.1, -0.05) is 42.8 Å². The Morgan fingerprint density at radius 3 is 2.52 bits per heavy atom. The van der Waals surface area contributed by atoms with Gasteiger partial charge in [0, 0.05) is 10.5 Å². The molecule has 0 N–H and O–H groups in total. The van der Waals surface area contributed by atoms with Gasteiger partial charge in [-0.2, -0.15) is 0 Å². The molecule has 0 radical (unpaired) electrons. The zero-order chi connectivity index (χ0) is 14.7. The van der Waals surface area contributed by atoms with E-state index in [1.165, 1.54) is 42.7 Å². The van der Waals surface area contributed by atoms with Gasteiger partial charge in [0.2, 0.25) is 0 Å². The number of carbonyl (C=O) groups excluding carboxylic acids is 1. The molecular weight excluding hydrogens is 283 g/mol. The second-order valence-corrected chi connectivity index (χ2v) is 6.37. The minimum atomic E-state index is -0.262. The maximum Gasteiger partial charge on any atom is 0.173 e. The van der Waals surface area contributed by atoms with Gasteiger partial charge in [-0.15, -0.1) is 11.8 Å². The van der Waals surface area contributed by atoms with Gasteiger partial charge in [-0.05, 0) is 36.5 Å². The van der Waals surface area contributed by atoms with Crippen LogP contribution in [0.2, 0.25) is 0 Å². The van der Waals surface area contributed by atoms with Gasteiger partial charge in [0.05, 0.1) is 5.75 Å². The quantitative estimate of drug-likeness (QED) is 0.566. The minimum Gasteiger partial charge on any atom is -0.293 e. The average molecular weight is 300 g/mol. The van der Waals surface area contributed by atoms with Crippen LogP contribution in [-0.2, 0) is 0 Å². The number of Topliss-reactive ketones (excluding diaryl/α,β-unsaturated/α-hetero) is 1. The van der Waals surface area contributed by atoms with Crippen molar-refractivity contribution in [1.29, 1.82) is 0 Å². The van der Waals surface area contributed by atoms with Gasteiger partial charge in [0.1, 0.15) is 5.82 Å². The maximum absolute atomic E-state index is 13.6. The van der Waals surface area contributed by atoms with Crippen LogP contribution in [0, 0.1) is 5.82 Å². The van der Waals surface area contributed by atoms with Crippen LogP contribution in [0.25, 0.3) is 0 Å². The second-order valence-electron chi connectivity index (χ2n) is 5.36. The van der Waals surface area contributed by atoms with Crippen molar-refractivity contribution < 1.29 is 9.18 Å². The molecule has 1 fully saturated rings. The largest absolute Gasteiger partial charge is 0.293 e. The number of ketones is 1. The van der Waals surface area contributed by atoms with E-state index in [0.29, 0.717) is 10.8 Å². The highest BCUT2D eigenvalue weighted by Gasteiger charge is 2.24. The van der Waals surface area contributed by atoms with Crippen molar-refractivity contribution in [2.75, 3.05) is 5.75 Å². The summed E-state index contributed by atoms with van der Waals surface area (Å²) in [6.07, 6.45) is 3.59. The molecule has 0 saturated heterocycles. The lowest BCUT2D eigenvalue weighted by molar-refractivity contribution is 0.102. The molecule has 21 heavy (non-hydrogen) atoms. The molecular formula is C18H17FOS. The van der Waals surface area contributed by atoms with Gasteiger partial charge in [0.15, 0.2) is 5.78 Å². The number of hydrogen-bond acceptors (Lipinski definition) is 2. The fraction of sp³-hybridized carbons (Fsp3) is 0.278. The van der Waals surface area contributed by atoms with Crippen LogP contribution in [0.3, 0.4) is 0 Å². The van der Waals surface area contributed by atoms with E-state index < -0.39 is 0 Å². The van der Waals surface area contributed by atoms with Crippen LogP contribution in [0.5, 0.6) is 0 Å². The summed E-state index contributed by atoms with van der Waals surface area (Å²) < 4.78 is 13.6. The van der Waals surface area contributed by atoms with E-state index >= 15 is 0 Å². The molecule has 1 aliphatic carbocycles. The molecule has 1 saturated carbocycles. The van der Waals surface area contributed by atoms with Crippen molar-refractivity contribution in [2.24, 2.45) is 0 Å². The fourth-order valence-corrected chi connectivity index (χ4v) is 3.43. The number of thioether (sulfide) groups is 1. The molecule has 0 spiro atoms. The van der Waals surface area contributed by atoms with Gasteiger partial charge in [-0.3, -0.25) is 4.79 Å². The Labute approximate surface area is 128 Å². The Morgan fingerprint density at radius 1 is 1.10 bits per heavy atom. The predicted molar refractivity (Wildman–Crippen MR) is 84.5 cm³/mol. The van der Waals surface area contributed by atoms with Crippen LogP contribution in [0.15, 0.2) is 53.4 Å². The van der Waals surface area contributed by atoms with E-state index in [1.807, 2.05) is 18.2 Å². The molecule has 2 aromatic rings. The summed E-state index contributed by atoms with van der Waals surface area (Å²) >= 11 is 1.27. The highest BCUT2D eigenvalue weighted by atomic mass is 32.2. The van der Waals surface area contributed by atoms with E-state index in [9.17, 15) is 9.18 Å².